The van der Waals surface area contributed by atoms with Crippen LogP contribution in [0.5, 0.6) is 0 Å². The maximum atomic E-state index is 12.5. The quantitative estimate of drug-likeness (QED) is 0.532. The van der Waals surface area contributed by atoms with E-state index in [1.807, 2.05) is 0 Å². The number of alkyl halides is 1. The van der Waals surface area contributed by atoms with Crippen molar-refractivity contribution in [3.05, 3.63) is 11.6 Å². The van der Waals surface area contributed by atoms with Crippen LogP contribution in [0.4, 0.5) is 0 Å². The van der Waals surface area contributed by atoms with Gasteiger partial charge in [-0.3, -0.25) is 4.79 Å². The van der Waals surface area contributed by atoms with Crippen molar-refractivity contribution >= 4 is 21.7 Å². The monoisotopic (exact) mass is 424 g/mol. The summed E-state index contributed by atoms with van der Waals surface area (Å²) in [5, 5.41) is 11.3. The average Bonchev–Trinajstić information content (AvgIpc) is 2.98. The van der Waals surface area contributed by atoms with Gasteiger partial charge in [0.15, 0.2) is 0 Å². The molecule has 0 aliphatic heterocycles. The molecular weight excluding hydrogens is 392 g/mol. The number of ether oxygens (including phenoxy) is 1. The maximum absolute atomic E-state index is 12.5. The highest BCUT2D eigenvalue weighted by Crippen LogP contribution is 2.63. The van der Waals surface area contributed by atoms with Gasteiger partial charge < -0.3 is 9.84 Å². The van der Waals surface area contributed by atoms with Crippen molar-refractivity contribution in [1.82, 2.24) is 0 Å². The molecule has 146 valence electrons. The summed E-state index contributed by atoms with van der Waals surface area (Å²) in [6.07, 6.45) is 11.1. The second kappa shape index (κ2) is 7.00. The summed E-state index contributed by atoms with van der Waals surface area (Å²) >= 11 is 3.41. The third-order valence-electron chi connectivity index (χ3n) is 8.53. The number of halogens is 1. The van der Waals surface area contributed by atoms with Gasteiger partial charge in [0.1, 0.15) is 5.78 Å². The molecule has 0 unspecified atom stereocenters. The van der Waals surface area contributed by atoms with Gasteiger partial charge in [-0.05, 0) is 80.5 Å². The van der Waals surface area contributed by atoms with E-state index in [1.54, 1.807) is 7.11 Å². The fraction of sp³-hybridized carbons (Fsp3) is 0.864. The first-order valence-electron chi connectivity index (χ1n) is 10.4. The number of carbonyl (C=O) groups is 1. The Bertz CT molecular complexity index is 602. The Morgan fingerprint density at radius 2 is 2.08 bits per heavy atom. The van der Waals surface area contributed by atoms with Crippen LogP contribution in [0.2, 0.25) is 0 Å². The number of ketones is 1. The van der Waals surface area contributed by atoms with Crippen molar-refractivity contribution in [1.29, 1.82) is 0 Å². The molecule has 7 atom stereocenters. The number of allylic oxidation sites excluding steroid dienone is 1. The molecular formula is C22H33BrO3. The molecule has 0 aromatic rings. The van der Waals surface area contributed by atoms with E-state index in [-0.39, 0.29) is 11.3 Å². The molecule has 0 amide bonds. The van der Waals surface area contributed by atoms with Gasteiger partial charge >= 0.3 is 0 Å². The number of rotatable bonds is 4. The Balaban J connectivity index is 1.55. The van der Waals surface area contributed by atoms with E-state index in [9.17, 15) is 9.90 Å². The lowest BCUT2D eigenvalue weighted by Gasteiger charge is -2.54. The molecule has 0 radical (unpaired) electrons. The van der Waals surface area contributed by atoms with Gasteiger partial charge in [-0.2, -0.15) is 0 Å². The molecule has 0 saturated heterocycles. The first kappa shape index (κ1) is 19.1. The predicted molar refractivity (Wildman–Crippen MR) is 106 cm³/mol. The summed E-state index contributed by atoms with van der Waals surface area (Å²) in [5.41, 5.74) is 1.04. The Morgan fingerprint density at radius 1 is 1.27 bits per heavy atom. The summed E-state index contributed by atoms with van der Waals surface area (Å²) in [7, 11) is 1.68. The van der Waals surface area contributed by atoms with Crippen molar-refractivity contribution in [3.8, 4) is 0 Å². The third-order valence-corrected chi connectivity index (χ3v) is 9.08. The smallest absolute Gasteiger partial charge is 0.147 e. The maximum Gasteiger partial charge on any atom is 0.147 e. The second-order valence-electron chi connectivity index (χ2n) is 9.70. The normalized spacial score (nSPS) is 47.5. The fourth-order valence-electron chi connectivity index (χ4n) is 7.38. The Hall–Kier alpha value is -0.190. The van der Waals surface area contributed by atoms with Crippen LogP contribution in [0.3, 0.4) is 0 Å². The van der Waals surface area contributed by atoms with Gasteiger partial charge in [0.05, 0.1) is 17.5 Å². The lowest BCUT2D eigenvalue weighted by atomic mass is 9.51. The van der Waals surface area contributed by atoms with Gasteiger partial charge in [0, 0.05) is 13.0 Å². The van der Waals surface area contributed by atoms with E-state index < -0.39 is 5.60 Å². The lowest BCUT2D eigenvalue weighted by Crippen LogP contribution is -2.49. The number of hydrogen-bond acceptors (Lipinski definition) is 3. The molecule has 0 spiro atoms. The van der Waals surface area contributed by atoms with E-state index in [0.717, 1.165) is 43.9 Å². The molecule has 0 bridgehead atoms. The van der Waals surface area contributed by atoms with E-state index in [1.165, 1.54) is 24.8 Å². The number of aliphatic hydroxyl groups is 1. The minimum atomic E-state index is -0.659. The van der Waals surface area contributed by atoms with Crippen LogP contribution in [0, 0.1) is 35.0 Å². The van der Waals surface area contributed by atoms with Gasteiger partial charge in [0.25, 0.3) is 0 Å². The van der Waals surface area contributed by atoms with Crippen LogP contribution in [0.25, 0.3) is 0 Å². The molecule has 0 aromatic carbocycles. The highest BCUT2D eigenvalue weighted by Gasteiger charge is 2.57. The van der Waals surface area contributed by atoms with Gasteiger partial charge in [-0.25, -0.2) is 0 Å². The number of methoxy groups -OCH3 is 1. The molecule has 4 aliphatic rings. The fourth-order valence-corrected chi connectivity index (χ4v) is 7.77. The van der Waals surface area contributed by atoms with Crippen LogP contribution in [-0.2, 0) is 9.53 Å². The molecule has 4 heteroatoms. The Kier molecular flexibility index (Phi) is 5.16. The third kappa shape index (κ3) is 2.95. The molecule has 1 N–H and O–H groups in total. The summed E-state index contributed by atoms with van der Waals surface area (Å²) in [4.78, 5) is 12.5. The Morgan fingerprint density at radius 3 is 2.81 bits per heavy atom. The summed E-state index contributed by atoms with van der Waals surface area (Å²) < 4.78 is 5.27. The van der Waals surface area contributed by atoms with Crippen LogP contribution < -0.4 is 0 Å². The Labute approximate surface area is 166 Å². The van der Waals surface area contributed by atoms with Gasteiger partial charge in [0.2, 0.25) is 0 Å². The number of Topliss-reactive ketones (excluding diaryl/α,β-unsaturated/α-hetero) is 1. The van der Waals surface area contributed by atoms with Crippen molar-refractivity contribution in [2.24, 2.45) is 35.0 Å². The van der Waals surface area contributed by atoms with Gasteiger partial charge in [-0.1, -0.05) is 34.5 Å². The standard InChI is InChI=1S/C22H33BrO3/c1-21-9-7-16-15-8-10-22(25,13-26-2)11-14(15)3-4-17(16)18(21)5-6-19(21)20(24)12-23/h3,15-19,25H,4-13H2,1-2H3/t15-,16+,17+,18-,19+,21-,22-/m0/s1. The van der Waals surface area contributed by atoms with Crippen molar-refractivity contribution in [2.45, 2.75) is 63.9 Å². The van der Waals surface area contributed by atoms with Crippen LogP contribution in [0.15, 0.2) is 11.6 Å². The highest BCUT2D eigenvalue weighted by molar-refractivity contribution is 9.09. The molecule has 3 fully saturated rings. The minimum Gasteiger partial charge on any atom is -0.387 e. The van der Waals surface area contributed by atoms with E-state index in [4.69, 9.17) is 4.74 Å². The minimum absolute atomic E-state index is 0.211. The largest absolute Gasteiger partial charge is 0.387 e. The molecule has 3 saturated carbocycles. The summed E-state index contributed by atoms with van der Waals surface area (Å²) in [5.74, 6) is 3.54. The van der Waals surface area contributed by atoms with E-state index in [2.05, 4.69) is 28.9 Å². The zero-order valence-corrected chi connectivity index (χ0v) is 17.8. The summed E-state index contributed by atoms with van der Waals surface area (Å²) in [6, 6.07) is 0. The average molecular weight is 425 g/mol. The van der Waals surface area contributed by atoms with Crippen molar-refractivity contribution in [2.75, 3.05) is 19.0 Å². The molecule has 4 rings (SSSR count). The number of fused-ring (bicyclic) bond motifs is 5. The van der Waals surface area contributed by atoms with E-state index in [0.29, 0.717) is 29.6 Å². The van der Waals surface area contributed by atoms with Crippen LogP contribution in [0.1, 0.15) is 58.3 Å². The topological polar surface area (TPSA) is 46.5 Å². The van der Waals surface area contributed by atoms with Crippen molar-refractivity contribution in [3.63, 3.8) is 0 Å². The van der Waals surface area contributed by atoms with E-state index >= 15 is 0 Å². The molecule has 26 heavy (non-hydrogen) atoms. The predicted octanol–water partition coefficient (Wildman–Crippen LogP) is 4.52. The number of carbonyl (C=O) groups excluding carboxylic acids is 1. The molecule has 0 aromatic heterocycles. The SMILES string of the molecule is COC[C@]1(O)CC[C@H]2C(=CC[C@@H]3[C@@H]2CC[C@]2(C)[C@@H](C(=O)CBr)CC[C@@H]32)C1. The first-order valence-corrected chi connectivity index (χ1v) is 11.5. The zero-order valence-electron chi connectivity index (χ0n) is 16.2. The number of hydrogen-bond donors (Lipinski definition) is 1. The van der Waals surface area contributed by atoms with Crippen LogP contribution in [-0.4, -0.2) is 35.5 Å². The molecule has 0 heterocycles. The highest BCUT2D eigenvalue weighted by atomic mass is 79.9. The summed E-state index contributed by atoms with van der Waals surface area (Å²) in [6.45, 7) is 2.85. The van der Waals surface area contributed by atoms with Gasteiger partial charge in [-0.15, -0.1) is 0 Å². The lowest BCUT2D eigenvalue weighted by molar-refractivity contribution is -0.126. The first-order chi connectivity index (χ1) is 12.4. The van der Waals surface area contributed by atoms with Crippen LogP contribution >= 0.6 is 15.9 Å². The zero-order chi connectivity index (χ0) is 18.5. The molecule has 3 nitrogen and oxygen atoms in total. The second-order valence-corrected chi connectivity index (χ2v) is 10.3. The molecule has 4 aliphatic carbocycles. The van der Waals surface area contributed by atoms with Crippen molar-refractivity contribution < 1.29 is 14.6 Å².